The summed E-state index contributed by atoms with van der Waals surface area (Å²) in [6, 6.07) is 10.7. The van der Waals surface area contributed by atoms with Gasteiger partial charge in [0, 0.05) is 28.0 Å². The van der Waals surface area contributed by atoms with Gasteiger partial charge in [-0.1, -0.05) is 22.0 Å². The number of carbonyl (C=O) groups is 1. The molecule has 2 heterocycles. The van der Waals surface area contributed by atoms with Gasteiger partial charge in [-0.05, 0) is 42.3 Å². The predicted octanol–water partition coefficient (Wildman–Crippen LogP) is 3.97. The van der Waals surface area contributed by atoms with Crippen LogP contribution in [0.4, 0.5) is 0 Å². The van der Waals surface area contributed by atoms with Crippen molar-refractivity contribution in [2.45, 2.75) is 25.4 Å². The highest BCUT2D eigenvalue weighted by molar-refractivity contribution is 9.10. The summed E-state index contributed by atoms with van der Waals surface area (Å²) in [6.45, 7) is 0.277. The molecule has 3 aromatic rings. The first kappa shape index (κ1) is 22.7. The number of amides is 1. The molecule has 0 bridgehead atoms. The van der Waals surface area contributed by atoms with E-state index in [1.54, 1.807) is 31.4 Å². The highest BCUT2D eigenvalue weighted by Gasteiger charge is 2.35. The number of carbonyl (C=O) groups excluding carboxylic acids is 1. The van der Waals surface area contributed by atoms with E-state index < -0.39 is 9.84 Å². The van der Waals surface area contributed by atoms with Crippen LogP contribution in [-0.2, 0) is 27.6 Å². The molecule has 2 aromatic carbocycles. The molecular weight excluding hydrogens is 498 g/mol. The first-order valence-corrected chi connectivity index (χ1v) is 12.8. The predicted molar refractivity (Wildman–Crippen MR) is 125 cm³/mol. The Morgan fingerprint density at radius 3 is 2.62 bits per heavy atom. The molecule has 4 rings (SSSR count). The van der Waals surface area contributed by atoms with Crippen molar-refractivity contribution in [1.29, 1.82) is 0 Å². The monoisotopic (exact) mass is 521 g/mol. The van der Waals surface area contributed by atoms with E-state index in [4.69, 9.17) is 13.9 Å². The molecule has 32 heavy (non-hydrogen) atoms. The number of benzene rings is 2. The third-order valence-electron chi connectivity index (χ3n) is 5.73. The maximum atomic E-state index is 13.4. The van der Waals surface area contributed by atoms with Crippen LogP contribution in [0, 0.1) is 0 Å². The zero-order chi connectivity index (χ0) is 22.9. The fraction of sp³-hybridized carbons (Fsp3) is 0.348. The van der Waals surface area contributed by atoms with Gasteiger partial charge in [0.25, 0.3) is 0 Å². The normalized spacial score (nSPS) is 17.4. The van der Waals surface area contributed by atoms with Crippen LogP contribution >= 0.6 is 15.9 Å². The Kier molecular flexibility index (Phi) is 6.48. The van der Waals surface area contributed by atoms with E-state index >= 15 is 0 Å². The van der Waals surface area contributed by atoms with E-state index in [1.165, 1.54) is 0 Å². The van der Waals surface area contributed by atoms with E-state index in [2.05, 4.69) is 15.9 Å². The van der Waals surface area contributed by atoms with E-state index in [9.17, 15) is 13.2 Å². The molecule has 1 aliphatic rings. The third kappa shape index (κ3) is 4.78. The largest absolute Gasteiger partial charge is 0.493 e. The number of hydrogen-bond acceptors (Lipinski definition) is 6. The van der Waals surface area contributed by atoms with Gasteiger partial charge in [0.15, 0.2) is 21.3 Å². The summed E-state index contributed by atoms with van der Waals surface area (Å²) in [5.41, 5.74) is 2.30. The minimum absolute atomic E-state index is 0.0241. The summed E-state index contributed by atoms with van der Waals surface area (Å²) < 4.78 is 41.4. The number of nitrogens with zero attached hydrogens (tertiary/aromatic N) is 1. The van der Waals surface area contributed by atoms with Gasteiger partial charge in [0.2, 0.25) is 5.91 Å². The van der Waals surface area contributed by atoms with Crippen molar-refractivity contribution in [2.24, 2.45) is 0 Å². The van der Waals surface area contributed by atoms with Crippen LogP contribution in [0.15, 0.2) is 51.6 Å². The van der Waals surface area contributed by atoms with Crippen molar-refractivity contribution in [1.82, 2.24) is 4.90 Å². The Morgan fingerprint density at radius 1 is 1.16 bits per heavy atom. The molecule has 0 N–H and O–H groups in total. The lowest BCUT2D eigenvalue weighted by Gasteiger charge is -2.29. The maximum absolute atomic E-state index is 13.4. The lowest BCUT2D eigenvalue weighted by Crippen LogP contribution is -2.41. The standard InChI is InChI=1S/C23H24BrNO6S/c1-29-21-5-3-15(9-22(21)30-2)12-25(18-7-8-32(27,28)14-18)23(26)10-16-13-31-20-6-4-17(24)11-19(16)20/h3-6,9,11,13,18H,7-8,10,12,14H2,1-2H3. The topological polar surface area (TPSA) is 86.0 Å². The molecule has 7 nitrogen and oxygen atoms in total. The van der Waals surface area contributed by atoms with Crippen LogP contribution in [0.3, 0.4) is 0 Å². The molecule has 0 aliphatic carbocycles. The Balaban J connectivity index is 1.63. The van der Waals surface area contributed by atoms with E-state index in [-0.39, 0.29) is 36.4 Å². The summed E-state index contributed by atoms with van der Waals surface area (Å²) in [4.78, 5) is 15.1. The van der Waals surface area contributed by atoms with Gasteiger partial charge >= 0.3 is 0 Å². The summed E-state index contributed by atoms with van der Waals surface area (Å²) >= 11 is 3.46. The zero-order valence-electron chi connectivity index (χ0n) is 17.8. The average Bonchev–Trinajstić information content (AvgIpc) is 3.33. The SMILES string of the molecule is COc1ccc(CN(C(=O)Cc2coc3ccc(Br)cc23)C2CCS(=O)(=O)C2)cc1OC. The molecule has 1 unspecified atom stereocenters. The molecular formula is C23H24BrNO6S. The smallest absolute Gasteiger partial charge is 0.227 e. The third-order valence-corrected chi connectivity index (χ3v) is 7.97. The van der Waals surface area contributed by atoms with Gasteiger partial charge in [-0.2, -0.15) is 0 Å². The molecule has 170 valence electrons. The number of fused-ring (bicyclic) bond motifs is 1. The van der Waals surface area contributed by atoms with Crippen LogP contribution in [0.5, 0.6) is 11.5 Å². The second kappa shape index (κ2) is 9.15. The quantitative estimate of drug-likeness (QED) is 0.467. The summed E-state index contributed by atoms with van der Waals surface area (Å²) in [5, 5.41) is 0.859. The van der Waals surface area contributed by atoms with Crippen LogP contribution in [-0.4, -0.2) is 51.0 Å². The number of hydrogen-bond donors (Lipinski definition) is 0. The fourth-order valence-corrected chi connectivity index (χ4v) is 6.16. The number of halogens is 1. The minimum atomic E-state index is -3.16. The Bertz CT molecular complexity index is 1250. The second-order valence-electron chi connectivity index (χ2n) is 7.85. The Hall–Kier alpha value is -2.52. The number of rotatable bonds is 7. The minimum Gasteiger partial charge on any atom is -0.493 e. The second-order valence-corrected chi connectivity index (χ2v) is 11.0. The summed E-state index contributed by atoms with van der Waals surface area (Å²) in [5.74, 6) is 1.07. The van der Waals surface area contributed by atoms with E-state index in [1.807, 2.05) is 30.3 Å². The lowest BCUT2D eigenvalue weighted by molar-refractivity contribution is -0.133. The number of sulfone groups is 1. The van der Waals surface area contributed by atoms with Crippen molar-refractivity contribution >= 4 is 42.6 Å². The highest BCUT2D eigenvalue weighted by atomic mass is 79.9. The first-order valence-electron chi connectivity index (χ1n) is 10.2. The molecule has 0 saturated carbocycles. The molecule has 1 atom stereocenters. The van der Waals surface area contributed by atoms with Crippen molar-refractivity contribution in [3.05, 3.63) is 58.3 Å². The van der Waals surface area contributed by atoms with E-state index in [0.717, 1.165) is 21.0 Å². The van der Waals surface area contributed by atoms with Crippen molar-refractivity contribution in [3.8, 4) is 11.5 Å². The van der Waals surface area contributed by atoms with Crippen LogP contribution in [0.1, 0.15) is 17.5 Å². The van der Waals surface area contributed by atoms with Crippen LogP contribution in [0.25, 0.3) is 11.0 Å². The van der Waals surface area contributed by atoms with Gasteiger partial charge < -0.3 is 18.8 Å². The molecule has 1 aromatic heterocycles. The summed E-state index contributed by atoms with van der Waals surface area (Å²) in [6.07, 6.45) is 2.14. The molecule has 0 spiro atoms. The summed E-state index contributed by atoms with van der Waals surface area (Å²) in [7, 11) is -0.0437. The van der Waals surface area contributed by atoms with Crippen molar-refractivity contribution < 1.29 is 27.1 Å². The van der Waals surface area contributed by atoms with Crippen molar-refractivity contribution in [3.63, 3.8) is 0 Å². The van der Waals surface area contributed by atoms with Gasteiger partial charge in [0.1, 0.15) is 5.58 Å². The van der Waals surface area contributed by atoms with Gasteiger partial charge in [0.05, 0.1) is 38.4 Å². The molecule has 0 radical (unpaired) electrons. The van der Waals surface area contributed by atoms with Gasteiger partial charge in [-0.25, -0.2) is 8.42 Å². The molecule has 1 aliphatic heterocycles. The number of furan rings is 1. The molecule has 1 amide bonds. The van der Waals surface area contributed by atoms with Crippen molar-refractivity contribution in [2.75, 3.05) is 25.7 Å². The number of methoxy groups -OCH3 is 2. The maximum Gasteiger partial charge on any atom is 0.227 e. The lowest BCUT2D eigenvalue weighted by atomic mass is 10.1. The number of ether oxygens (including phenoxy) is 2. The van der Waals surface area contributed by atoms with Gasteiger partial charge in [-0.15, -0.1) is 0 Å². The Morgan fingerprint density at radius 2 is 1.94 bits per heavy atom. The molecule has 9 heteroatoms. The van der Waals surface area contributed by atoms with Gasteiger partial charge in [-0.3, -0.25) is 4.79 Å². The van der Waals surface area contributed by atoms with E-state index in [0.29, 0.717) is 23.5 Å². The average molecular weight is 522 g/mol. The van der Waals surface area contributed by atoms with Crippen LogP contribution < -0.4 is 9.47 Å². The fourth-order valence-electron chi connectivity index (χ4n) is 4.07. The highest BCUT2D eigenvalue weighted by Crippen LogP contribution is 2.30. The Labute approximate surface area is 195 Å². The zero-order valence-corrected chi connectivity index (χ0v) is 20.2. The molecule has 1 fully saturated rings. The molecule has 1 saturated heterocycles. The van der Waals surface area contributed by atoms with Crippen LogP contribution in [0.2, 0.25) is 0 Å². The first-order chi connectivity index (χ1) is 15.3.